The Labute approximate surface area is 70.1 Å². The Morgan fingerprint density at radius 3 is 3.08 bits per heavy atom. The molecule has 2 heteroatoms. The van der Waals surface area contributed by atoms with Crippen LogP contribution in [0.1, 0.15) is 11.1 Å². The highest BCUT2D eigenvalue weighted by molar-refractivity contribution is 5.61. The van der Waals surface area contributed by atoms with E-state index in [1.165, 1.54) is 0 Å². The van der Waals surface area contributed by atoms with Crippen molar-refractivity contribution < 1.29 is 9.84 Å². The summed E-state index contributed by atoms with van der Waals surface area (Å²) in [4.78, 5) is 0. The Bertz CT molecular complexity index is 370. The number of rotatable bonds is 0. The zero-order valence-electron chi connectivity index (χ0n) is 6.40. The molecule has 2 nitrogen and oxygen atoms in total. The Kier molecular flexibility index (Phi) is 0.953. The summed E-state index contributed by atoms with van der Waals surface area (Å²) in [7, 11) is 0. The van der Waals surface area contributed by atoms with Crippen molar-refractivity contribution >= 4 is 6.08 Å². The van der Waals surface area contributed by atoms with Gasteiger partial charge in [-0.25, -0.2) is 0 Å². The third-order valence-corrected chi connectivity index (χ3v) is 2.43. The van der Waals surface area contributed by atoms with Crippen molar-refractivity contribution in [1.29, 1.82) is 0 Å². The van der Waals surface area contributed by atoms with E-state index in [2.05, 4.69) is 0 Å². The van der Waals surface area contributed by atoms with Gasteiger partial charge in [0, 0.05) is 5.56 Å². The van der Waals surface area contributed by atoms with Crippen molar-refractivity contribution in [3.63, 3.8) is 0 Å². The van der Waals surface area contributed by atoms with Crippen LogP contribution in [0.15, 0.2) is 30.3 Å². The molecule has 0 bridgehead atoms. The molecule has 3 rings (SSSR count). The largest absolute Gasteiger partial charge is 0.359 e. The van der Waals surface area contributed by atoms with Crippen molar-refractivity contribution in [3.05, 3.63) is 41.5 Å². The summed E-state index contributed by atoms with van der Waals surface area (Å²) in [5.41, 5.74) is 1.94. The molecular weight excluding hydrogens is 152 g/mol. The van der Waals surface area contributed by atoms with Gasteiger partial charge >= 0.3 is 0 Å². The van der Waals surface area contributed by atoms with Crippen LogP contribution in [0.25, 0.3) is 6.08 Å². The SMILES string of the molecule is OC12OC1C=Cc1ccccc12. The van der Waals surface area contributed by atoms with Gasteiger partial charge in [0.2, 0.25) is 5.79 Å². The van der Waals surface area contributed by atoms with Crippen molar-refractivity contribution in [3.8, 4) is 0 Å². The van der Waals surface area contributed by atoms with Gasteiger partial charge in [-0.3, -0.25) is 0 Å². The van der Waals surface area contributed by atoms with E-state index in [1.807, 2.05) is 36.4 Å². The molecule has 12 heavy (non-hydrogen) atoms. The lowest BCUT2D eigenvalue weighted by Gasteiger charge is -2.11. The fraction of sp³-hybridized carbons (Fsp3) is 0.200. The minimum Gasteiger partial charge on any atom is -0.359 e. The van der Waals surface area contributed by atoms with Crippen LogP contribution >= 0.6 is 0 Å². The molecule has 1 heterocycles. The van der Waals surface area contributed by atoms with Gasteiger partial charge in [-0.2, -0.15) is 0 Å². The van der Waals surface area contributed by atoms with Gasteiger partial charge in [0.1, 0.15) is 6.10 Å². The monoisotopic (exact) mass is 160 g/mol. The lowest BCUT2D eigenvalue weighted by molar-refractivity contribution is 0.0331. The molecule has 1 saturated heterocycles. The number of aliphatic hydroxyl groups is 1. The van der Waals surface area contributed by atoms with Crippen molar-refractivity contribution in [2.45, 2.75) is 11.9 Å². The van der Waals surface area contributed by atoms with Crippen molar-refractivity contribution in [2.24, 2.45) is 0 Å². The third kappa shape index (κ3) is 0.618. The van der Waals surface area contributed by atoms with E-state index in [4.69, 9.17) is 4.74 Å². The van der Waals surface area contributed by atoms with E-state index >= 15 is 0 Å². The smallest absolute Gasteiger partial charge is 0.224 e. The summed E-state index contributed by atoms with van der Waals surface area (Å²) >= 11 is 0. The molecule has 1 aromatic carbocycles. The molecule has 1 aliphatic carbocycles. The van der Waals surface area contributed by atoms with Crippen LogP contribution in [0, 0.1) is 0 Å². The van der Waals surface area contributed by atoms with E-state index in [-0.39, 0.29) is 6.10 Å². The predicted octanol–water partition coefficient (Wildman–Crippen LogP) is 1.26. The summed E-state index contributed by atoms with van der Waals surface area (Å²) in [5.74, 6) is -1.01. The molecule has 2 atom stereocenters. The second-order valence-corrected chi connectivity index (χ2v) is 3.18. The first-order chi connectivity index (χ1) is 5.81. The Morgan fingerprint density at radius 2 is 2.17 bits per heavy atom. The van der Waals surface area contributed by atoms with Gasteiger partial charge in [0.05, 0.1) is 0 Å². The minimum atomic E-state index is -1.01. The fourth-order valence-corrected chi connectivity index (χ4v) is 1.71. The van der Waals surface area contributed by atoms with E-state index in [9.17, 15) is 5.11 Å². The van der Waals surface area contributed by atoms with Gasteiger partial charge in [0.25, 0.3) is 0 Å². The molecule has 1 aliphatic heterocycles. The number of hydrogen-bond donors (Lipinski definition) is 1. The van der Waals surface area contributed by atoms with Gasteiger partial charge in [0.15, 0.2) is 0 Å². The predicted molar refractivity (Wildman–Crippen MR) is 44.2 cm³/mol. The van der Waals surface area contributed by atoms with Crippen LogP contribution < -0.4 is 0 Å². The fourth-order valence-electron chi connectivity index (χ4n) is 1.71. The number of hydrogen-bond acceptors (Lipinski definition) is 2. The second kappa shape index (κ2) is 1.79. The van der Waals surface area contributed by atoms with E-state index in [1.54, 1.807) is 0 Å². The van der Waals surface area contributed by atoms with Gasteiger partial charge in [-0.15, -0.1) is 0 Å². The number of benzene rings is 1. The summed E-state index contributed by atoms with van der Waals surface area (Å²) in [6.45, 7) is 0. The van der Waals surface area contributed by atoms with E-state index in [0.717, 1.165) is 11.1 Å². The molecule has 0 radical (unpaired) electrons. The van der Waals surface area contributed by atoms with Crippen LogP contribution in [0.2, 0.25) is 0 Å². The maximum Gasteiger partial charge on any atom is 0.224 e. The quantitative estimate of drug-likeness (QED) is 0.579. The maximum atomic E-state index is 9.83. The zero-order chi connectivity index (χ0) is 8.18. The molecule has 0 amide bonds. The highest BCUT2D eigenvalue weighted by atomic mass is 16.7. The summed E-state index contributed by atoms with van der Waals surface area (Å²) in [6, 6.07) is 7.74. The molecule has 0 aromatic heterocycles. The third-order valence-electron chi connectivity index (χ3n) is 2.43. The molecule has 1 aromatic rings. The summed E-state index contributed by atoms with van der Waals surface area (Å²) < 4.78 is 5.16. The molecule has 1 fully saturated rings. The molecule has 2 unspecified atom stereocenters. The zero-order valence-corrected chi connectivity index (χ0v) is 6.40. The number of epoxide rings is 1. The first kappa shape index (κ1) is 6.40. The standard InChI is InChI=1S/C10H8O2/c11-10-8-4-2-1-3-7(8)5-6-9(10)12-10/h1-6,9,11H. The molecular formula is C10H8O2. The highest BCUT2D eigenvalue weighted by Crippen LogP contribution is 2.48. The first-order valence-corrected chi connectivity index (χ1v) is 3.98. The van der Waals surface area contributed by atoms with Gasteiger partial charge < -0.3 is 9.84 Å². The summed E-state index contributed by atoms with van der Waals surface area (Å²) in [5, 5.41) is 9.83. The Morgan fingerprint density at radius 1 is 1.33 bits per heavy atom. The van der Waals surface area contributed by atoms with Crippen molar-refractivity contribution in [1.82, 2.24) is 0 Å². The maximum absolute atomic E-state index is 9.83. The average molecular weight is 160 g/mol. The first-order valence-electron chi connectivity index (χ1n) is 3.98. The van der Waals surface area contributed by atoms with E-state index < -0.39 is 5.79 Å². The summed E-state index contributed by atoms with van der Waals surface area (Å²) in [6.07, 6.45) is 3.76. The molecule has 0 saturated carbocycles. The van der Waals surface area contributed by atoms with Crippen molar-refractivity contribution in [2.75, 3.05) is 0 Å². The normalized spacial score (nSPS) is 35.6. The lowest BCUT2D eigenvalue weighted by atomic mass is 9.95. The molecule has 60 valence electrons. The number of ether oxygens (including phenoxy) is 1. The lowest BCUT2D eigenvalue weighted by Crippen LogP contribution is -2.14. The average Bonchev–Trinajstić information content (AvgIpc) is 2.78. The van der Waals surface area contributed by atoms with Crippen LogP contribution in [0.3, 0.4) is 0 Å². The van der Waals surface area contributed by atoms with Crippen LogP contribution in [0.4, 0.5) is 0 Å². The topological polar surface area (TPSA) is 32.8 Å². The highest BCUT2D eigenvalue weighted by Gasteiger charge is 2.57. The Balaban J connectivity index is 2.27. The number of fused-ring (bicyclic) bond motifs is 3. The van der Waals surface area contributed by atoms with Crippen LogP contribution in [0.5, 0.6) is 0 Å². The minimum absolute atomic E-state index is 0.118. The second-order valence-electron chi connectivity index (χ2n) is 3.18. The van der Waals surface area contributed by atoms with Crippen LogP contribution in [-0.4, -0.2) is 11.2 Å². The van der Waals surface area contributed by atoms with E-state index in [0.29, 0.717) is 0 Å². The van der Waals surface area contributed by atoms with Gasteiger partial charge in [-0.1, -0.05) is 30.3 Å². The van der Waals surface area contributed by atoms with Gasteiger partial charge in [-0.05, 0) is 11.6 Å². The molecule has 2 aliphatic rings. The molecule has 0 spiro atoms. The Hall–Kier alpha value is -1.12. The molecule has 1 N–H and O–H groups in total. The van der Waals surface area contributed by atoms with Crippen LogP contribution in [-0.2, 0) is 10.5 Å².